The topological polar surface area (TPSA) is 79.0 Å². The first kappa shape index (κ1) is 22.1. The van der Waals surface area contributed by atoms with Crippen molar-refractivity contribution in [1.82, 2.24) is 4.31 Å². The molecule has 1 aliphatic rings. The highest BCUT2D eigenvalue weighted by Crippen LogP contribution is 2.21. The standard InChI is InChI=1S/C22H29N3O4S/c1-3-4-16-29-21-7-5-6-18(17-21)22(26)23-19-8-10-20(11-9-19)24-12-14-25(15-13-24)30(2,27)28/h5-11,17H,3-4,12-16H2,1-2H3,(H,23,26). The lowest BCUT2D eigenvalue weighted by Crippen LogP contribution is -2.48. The molecule has 8 heteroatoms. The van der Waals surface area contributed by atoms with Gasteiger partial charge in [-0.15, -0.1) is 0 Å². The average molecular weight is 432 g/mol. The van der Waals surface area contributed by atoms with E-state index < -0.39 is 10.0 Å². The van der Waals surface area contributed by atoms with Gasteiger partial charge in [0.25, 0.3) is 5.91 Å². The molecule has 3 rings (SSSR count). The highest BCUT2D eigenvalue weighted by molar-refractivity contribution is 7.88. The van der Waals surface area contributed by atoms with Gasteiger partial charge in [0.2, 0.25) is 10.0 Å². The number of unbranched alkanes of at least 4 members (excludes halogenated alkanes) is 1. The summed E-state index contributed by atoms with van der Waals surface area (Å²) in [6.07, 6.45) is 3.28. The number of benzene rings is 2. The molecule has 1 heterocycles. The fraction of sp³-hybridized carbons (Fsp3) is 0.409. The second-order valence-electron chi connectivity index (χ2n) is 7.38. The second-order valence-corrected chi connectivity index (χ2v) is 9.36. The van der Waals surface area contributed by atoms with Gasteiger partial charge in [0.1, 0.15) is 5.75 Å². The molecule has 0 bridgehead atoms. The van der Waals surface area contributed by atoms with Crippen molar-refractivity contribution in [2.45, 2.75) is 19.8 Å². The summed E-state index contributed by atoms with van der Waals surface area (Å²) in [4.78, 5) is 14.7. The largest absolute Gasteiger partial charge is 0.494 e. The first-order valence-corrected chi connectivity index (χ1v) is 12.1. The molecule has 0 radical (unpaired) electrons. The number of nitrogens with one attached hydrogen (secondary N) is 1. The van der Waals surface area contributed by atoms with E-state index in [1.807, 2.05) is 36.4 Å². The van der Waals surface area contributed by atoms with Crippen molar-refractivity contribution >= 4 is 27.3 Å². The van der Waals surface area contributed by atoms with Gasteiger partial charge in [0, 0.05) is 43.1 Å². The van der Waals surface area contributed by atoms with E-state index in [2.05, 4.69) is 17.1 Å². The Balaban J connectivity index is 1.57. The van der Waals surface area contributed by atoms with Gasteiger partial charge >= 0.3 is 0 Å². The fourth-order valence-corrected chi connectivity index (χ4v) is 4.12. The molecule has 1 fully saturated rings. The fourth-order valence-electron chi connectivity index (χ4n) is 3.30. The lowest BCUT2D eigenvalue weighted by Gasteiger charge is -2.34. The molecule has 162 valence electrons. The first-order chi connectivity index (χ1) is 14.4. The van der Waals surface area contributed by atoms with Crippen molar-refractivity contribution in [3.05, 3.63) is 54.1 Å². The van der Waals surface area contributed by atoms with Crippen molar-refractivity contribution in [3.63, 3.8) is 0 Å². The second kappa shape index (κ2) is 9.95. The van der Waals surface area contributed by atoms with Crippen LogP contribution in [0.2, 0.25) is 0 Å². The lowest BCUT2D eigenvalue weighted by molar-refractivity contribution is 0.102. The Labute approximate surface area is 178 Å². The highest BCUT2D eigenvalue weighted by atomic mass is 32.2. The van der Waals surface area contributed by atoms with Crippen LogP contribution in [0.25, 0.3) is 0 Å². The van der Waals surface area contributed by atoms with Gasteiger partial charge < -0.3 is 15.0 Å². The Morgan fingerprint density at radius 1 is 1.07 bits per heavy atom. The number of piperazine rings is 1. The third kappa shape index (κ3) is 5.96. The van der Waals surface area contributed by atoms with Gasteiger partial charge in [-0.2, -0.15) is 4.31 Å². The minimum absolute atomic E-state index is 0.189. The highest BCUT2D eigenvalue weighted by Gasteiger charge is 2.23. The van der Waals surface area contributed by atoms with Crippen molar-refractivity contribution < 1.29 is 17.9 Å². The Morgan fingerprint density at radius 3 is 2.40 bits per heavy atom. The molecule has 2 aromatic carbocycles. The zero-order valence-corrected chi connectivity index (χ0v) is 18.3. The third-order valence-corrected chi connectivity index (χ3v) is 6.36. The maximum Gasteiger partial charge on any atom is 0.255 e. The number of anilines is 2. The predicted octanol–water partition coefficient (Wildman–Crippen LogP) is 3.20. The number of hydrogen-bond donors (Lipinski definition) is 1. The molecule has 0 aromatic heterocycles. The molecule has 0 saturated carbocycles. The summed E-state index contributed by atoms with van der Waals surface area (Å²) >= 11 is 0. The summed E-state index contributed by atoms with van der Waals surface area (Å²) in [5.74, 6) is 0.505. The Bertz CT molecular complexity index is 953. The molecule has 7 nitrogen and oxygen atoms in total. The number of ether oxygens (including phenoxy) is 1. The Morgan fingerprint density at radius 2 is 1.77 bits per heavy atom. The molecule has 0 atom stereocenters. The van der Waals surface area contributed by atoms with Gasteiger partial charge in [0.15, 0.2) is 0 Å². The molecular formula is C22H29N3O4S. The molecule has 1 saturated heterocycles. The smallest absolute Gasteiger partial charge is 0.255 e. The zero-order valence-electron chi connectivity index (χ0n) is 17.5. The summed E-state index contributed by atoms with van der Waals surface area (Å²) < 4.78 is 30.5. The SMILES string of the molecule is CCCCOc1cccc(C(=O)Nc2ccc(N3CCN(S(C)(=O)=O)CC3)cc2)c1. The van der Waals surface area contributed by atoms with Gasteiger partial charge in [-0.1, -0.05) is 19.4 Å². The van der Waals surface area contributed by atoms with E-state index in [1.165, 1.54) is 10.6 Å². The molecule has 0 spiro atoms. The molecule has 1 aliphatic heterocycles. The van der Waals surface area contributed by atoms with Crippen LogP contribution in [0.5, 0.6) is 5.75 Å². The number of hydrogen-bond acceptors (Lipinski definition) is 5. The summed E-state index contributed by atoms with van der Waals surface area (Å²) in [5, 5.41) is 2.91. The molecule has 30 heavy (non-hydrogen) atoms. The predicted molar refractivity (Wildman–Crippen MR) is 120 cm³/mol. The number of amides is 1. The number of carbonyl (C=O) groups excluding carboxylic acids is 1. The van der Waals surface area contributed by atoms with Crippen LogP contribution in [0.15, 0.2) is 48.5 Å². The van der Waals surface area contributed by atoms with E-state index in [0.717, 1.165) is 18.5 Å². The minimum Gasteiger partial charge on any atom is -0.494 e. The minimum atomic E-state index is -3.14. The van der Waals surface area contributed by atoms with E-state index in [4.69, 9.17) is 4.74 Å². The van der Waals surface area contributed by atoms with Crippen molar-refractivity contribution in [3.8, 4) is 5.75 Å². The molecule has 1 amide bonds. The Hall–Kier alpha value is -2.58. The summed E-state index contributed by atoms with van der Waals surface area (Å²) in [7, 11) is -3.14. The van der Waals surface area contributed by atoms with Crippen LogP contribution in [0.4, 0.5) is 11.4 Å². The monoisotopic (exact) mass is 431 g/mol. The van der Waals surface area contributed by atoms with E-state index in [9.17, 15) is 13.2 Å². The number of sulfonamides is 1. The summed E-state index contributed by atoms with van der Waals surface area (Å²) in [6.45, 7) is 4.99. The van der Waals surface area contributed by atoms with Gasteiger partial charge in [-0.3, -0.25) is 4.79 Å². The van der Waals surface area contributed by atoms with Crippen LogP contribution in [-0.2, 0) is 10.0 Å². The van der Waals surface area contributed by atoms with Crippen LogP contribution in [0, 0.1) is 0 Å². The van der Waals surface area contributed by atoms with Gasteiger partial charge in [0.05, 0.1) is 12.9 Å². The van der Waals surface area contributed by atoms with Crippen molar-refractivity contribution in [1.29, 1.82) is 0 Å². The quantitative estimate of drug-likeness (QED) is 0.650. The summed E-state index contributed by atoms with van der Waals surface area (Å²) in [5.41, 5.74) is 2.26. The van der Waals surface area contributed by atoms with Crippen LogP contribution in [0.3, 0.4) is 0 Å². The van der Waals surface area contributed by atoms with E-state index in [0.29, 0.717) is 49.8 Å². The van der Waals surface area contributed by atoms with Gasteiger partial charge in [-0.25, -0.2) is 8.42 Å². The lowest BCUT2D eigenvalue weighted by atomic mass is 10.2. The molecule has 1 N–H and O–H groups in total. The Kier molecular flexibility index (Phi) is 7.33. The maximum atomic E-state index is 12.6. The average Bonchev–Trinajstić information content (AvgIpc) is 2.74. The molecule has 0 unspecified atom stereocenters. The zero-order chi connectivity index (χ0) is 21.6. The number of nitrogens with zero attached hydrogens (tertiary/aromatic N) is 2. The van der Waals surface area contributed by atoms with Gasteiger partial charge in [-0.05, 0) is 48.9 Å². The third-order valence-electron chi connectivity index (χ3n) is 5.06. The van der Waals surface area contributed by atoms with Crippen LogP contribution in [-0.4, -0.2) is 57.7 Å². The number of carbonyl (C=O) groups is 1. The summed E-state index contributed by atoms with van der Waals surface area (Å²) in [6, 6.07) is 14.8. The van der Waals surface area contributed by atoms with Crippen LogP contribution < -0.4 is 15.0 Å². The number of rotatable bonds is 8. The molecule has 2 aromatic rings. The van der Waals surface area contributed by atoms with E-state index >= 15 is 0 Å². The molecular weight excluding hydrogens is 402 g/mol. The van der Waals surface area contributed by atoms with Crippen LogP contribution >= 0.6 is 0 Å². The van der Waals surface area contributed by atoms with Crippen molar-refractivity contribution in [2.24, 2.45) is 0 Å². The molecule has 0 aliphatic carbocycles. The van der Waals surface area contributed by atoms with E-state index in [1.54, 1.807) is 12.1 Å². The van der Waals surface area contributed by atoms with E-state index in [-0.39, 0.29) is 5.91 Å². The first-order valence-electron chi connectivity index (χ1n) is 10.2. The van der Waals surface area contributed by atoms with Crippen molar-refractivity contribution in [2.75, 3.05) is 49.3 Å². The normalized spacial score (nSPS) is 15.1. The van der Waals surface area contributed by atoms with Crippen LogP contribution in [0.1, 0.15) is 30.1 Å². The maximum absolute atomic E-state index is 12.6.